The lowest BCUT2D eigenvalue weighted by atomic mass is 10.1. The molecule has 0 aliphatic carbocycles. The van der Waals surface area contributed by atoms with Crippen molar-refractivity contribution in [3.8, 4) is 0 Å². The maximum Gasteiger partial charge on any atom is 0.186 e. The van der Waals surface area contributed by atoms with Crippen LogP contribution in [0.5, 0.6) is 0 Å². The minimum atomic E-state index is -1.09. The van der Waals surface area contributed by atoms with Crippen LogP contribution in [0.1, 0.15) is 0 Å². The van der Waals surface area contributed by atoms with Crippen molar-refractivity contribution < 1.29 is 19.7 Å². The number of aliphatic hydroxyl groups excluding tert-OH is 2. The molecule has 74 valence electrons. The minimum absolute atomic E-state index is 0.0193. The second-order valence-electron chi connectivity index (χ2n) is 2.67. The van der Waals surface area contributed by atoms with Gasteiger partial charge in [0.05, 0.1) is 12.6 Å². The molecular weight excluding hydrogens is 178 g/mol. The van der Waals surface area contributed by atoms with E-state index in [1.165, 1.54) is 7.11 Å². The van der Waals surface area contributed by atoms with E-state index in [2.05, 4.69) is 10.0 Å². The highest BCUT2D eigenvalue weighted by Gasteiger charge is 2.42. The second kappa shape index (κ2) is 4.40. The van der Waals surface area contributed by atoms with Gasteiger partial charge in [-0.15, -0.1) is 0 Å². The molecule has 1 aliphatic rings. The Kier molecular flexibility index (Phi) is 3.47. The number of methoxy groups -OCH3 is 1. The number of azide groups is 1. The summed E-state index contributed by atoms with van der Waals surface area (Å²) in [5.41, 5.74) is 8.03. The number of hydrogen-bond acceptors (Lipinski definition) is 5. The van der Waals surface area contributed by atoms with E-state index in [0.29, 0.717) is 0 Å². The van der Waals surface area contributed by atoms with Gasteiger partial charge in [0, 0.05) is 12.0 Å². The quantitative estimate of drug-likeness (QED) is 0.350. The first-order chi connectivity index (χ1) is 6.20. The lowest BCUT2D eigenvalue weighted by Crippen LogP contribution is -2.33. The SMILES string of the molecule is COC1O[C@H](CN=[N+]=[N-])[C@H](O)[C@H]1O. The first-order valence-corrected chi connectivity index (χ1v) is 3.76. The van der Waals surface area contributed by atoms with Gasteiger partial charge in [0.2, 0.25) is 0 Å². The molecule has 7 nitrogen and oxygen atoms in total. The molecule has 0 radical (unpaired) electrons. The molecule has 1 heterocycles. The Morgan fingerprint density at radius 3 is 2.69 bits per heavy atom. The Bertz CT molecular complexity index is 218. The van der Waals surface area contributed by atoms with Crippen LogP contribution in [0.25, 0.3) is 10.4 Å². The molecule has 0 aromatic heterocycles. The molecule has 2 N–H and O–H groups in total. The molecule has 7 heteroatoms. The maximum atomic E-state index is 9.35. The zero-order valence-electron chi connectivity index (χ0n) is 7.07. The molecule has 0 aromatic carbocycles. The van der Waals surface area contributed by atoms with Gasteiger partial charge in [-0.3, -0.25) is 0 Å². The zero-order chi connectivity index (χ0) is 9.84. The van der Waals surface area contributed by atoms with Crippen molar-refractivity contribution in [1.82, 2.24) is 0 Å². The van der Waals surface area contributed by atoms with Crippen molar-refractivity contribution in [3.63, 3.8) is 0 Å². The van der Waals surface area contributed by atoms with E-state index in [0.717, 1.165) is 0 Å². The fourth-order valence-corrected chi connectivity index (χ4v) is 1.18. The highest BCUT2D eigenvalue weighted by atomic mass is 16.7. The summed E-state index contributed by atoms with van der Waals surface area (Å²) in [6.45, 7) is -0.0193. The summed E-state index contributed by atoms with van der Waals surface area (Å²) < 4.78 is 9.79. The zero-order valence-corrected chi connectivity index (χ0v) is 7.07. The molecule has 0 amide bonds. The van der Waals surface area contributed by atoms with Crippen LogP contribution in [0, 0.1) is 0 Å². The number of hydrogen-bond donors (Lipinski definition) is 2. The summed E-state index contributed by atoms with van der Waals surface area (Å²) in [6.07, 6.45) is -3.72. The highest BCUT2D eigenvalue weighted by Crippen LogP contribution is 2.21. The standard InChI is InChI=1S/C6H11N3O4/c1-12-6-5(11)4(10)3(13-6)2-8-9-7/h3-6,10-11H,2H2,1H3/t3-,4+,5-,6?/m1/s1. The average molecular weight is 189 g/mol. The van der Waals surface area contributed by atoms with Crippen molar-refractivity contribution in [2.24, 2.45) is 5.11 Å². The number of rotatable bonds is 3. The summed E-state index contributed by atoms with van der Waals surface area (Å²) >= 11 is 0. The van der Waals surface area contributed by atoms with Crippen LogP contribution in [-0.4, -0.2) is 48.5 Å². The van der Waals surface area contributed by atoms with Gasteiger partial charge in [-0.25, -0.2) is 0 Å². The molecule has 1 saturated heterocycles. The van der Waals surface area contributed by atoms with E-state index in [1.54, 1.807) is 0 Å². The first kappa shape index (κ1) is 10.2. The molecule has 0 saturated carbocycles. The van der Waals surface area contributed by atoms with E-state index >= 15 is 0 Å². The van der Waals surface area contributed by atoms with Crippen LogP contribution in [0.4, 0.5) is 0 Å². The first-order valence-electron chi connectivity index (χ1n) is 3.76. The van der Waals surface area contributed by atoms with Gasteiger partial charge in [-0.05, 0) is 5.53 Å². The lowest BCUT2D eigenvalue weighted by molar-refractivity contribution is -0.147. The Hall–Kier alpha value is -0.850. The summed E-state index contributed by atoms with van der Waals surface area (Å²) in [6, 6.07) is 0. The lowest BCUT2D eigenvalue weighted by Gasteiger charge is -2.11. The summed E-state index contributed by atoms with van der Waals surface area (Å²) in [7, 11) is 1.36. The van der Waals surface area contributed by atoms with Crippen LogP contribution in [0.2, 0.25) is 0 Å². The van der Waals surface area contributed by atoms with Crippen LogP contribution < -0.4 is 0 Å². The summed E-state index contributed by atoms with van der Waals surface area (Å²) in [5.74, 6) is 0. The Balaban J connectivity index is 2.54. The molecular formula is C6H11N3O4. The molecule has 1 fully saturated rings. The molecule has 0 spiro atoms. The van der Waals surface area contributed by atoms with Gasteiger partial charge < -0.3 is 19.7 Å². The van der Waals surface area contributed by atoms with Gasteiger partial charge in [-0.1, -0.05) is 5.11 Å². The number of aliphatic hydroxyl groups is 2. The Morgan fingerprint density at radius 2 is 2.23 bits per heavy atom. The Morgan fingerprint density at radius 1 is 1.54 bits per heavy atom. The fourth-order valence-electron chi connectivity index (χ4n) is 1.18. The van der Waals surface area contributed by atoms with E-state index in [1.807, 2.05) is 0 Å². The number of nitrogens with zero attached hydrogens (tertiary/aromatic N) is 3. The van der Waals surface area contributed by atoms with Crippen LogP contribution >= 0.6 is 0 Å². The minimum Gasteiger partial charge on any atom is -0.387 e. The smallest absolute Gasteiger partial charge is 0.186 e. The largest absolute Gasteiger partial charge is 0.387 e. The second-order valence-corrected chi connectivity index (χ2v) is 2.67. The van der Waals surface area contributed by atoms with E-state index < -0.39 is 24.6 Å². The molecule has 1 aliphatic heterocycles. The molecule has 1 rings (SSSR count). The van der Waals surface area contributed by atoms with Gasteiger partial charge in [0.15, 0.2) is 6.29 Å². The van der Waals surface area contributed by atoms with E-state index in [4.69, 9.17) is 15.0 Å². The predicted octanol–water partition coefficient (Wildman–Crippen LogP) is -0.610. The molecule has 0 bridgehead atoms. The van der Waals surface area contributed by atoms with Crippen molar-refractivity contribution in [1.29, 1.82) is 0 Å². The van der Waals surface area contributed by atoms with E-state index in [-0.39, 0.29) is 6.54 Å². The van der Waals surface area contributed by atoms with E-state index in [9.17, 15) is 10.2 Å². The number of ether oxygens (including phenoxy) is 2. The third kappa shape index (κ3) is 2.09. The van der Waals surface area contributed by atoms with Crippen molar-refractivity contribution in [2.75, 3.05) is 13.7 Å². The molecule has 4 atom stereocenters. The predicted molar refractivity (Wildman–Crippen MR) is 41.7 cm³/mol. The van der Waals surface area contributed by atoms with Crippen LogP contribution in [0.15, 0.2) is 5.11 Å². The third-order valence-electron chi connectivity index (χ3n) is 1.88. The highest BCUT2D eigenvalue weighted by molar-refractivity contribution is 4.87. The van der Waals surface area contributed by atoms with Crippen molar-refractivity contribution >= 4 is 0 Å². The topological polar surface area (TPSA) is 108 Å². The molecule has 1 unspecified atom stereocenters. The van der Waals surface area contributed by atoms with Crippen LogP contribution in [-0.2, 0) is 9.47 Å². The van der Waals surface area contributed by atoms with Crippen molar-refractivity contribution in [2.45, 2.75) is 24.6 Å². The summed E-state index contributed by atoms with van der Waals surface area (Å²) in [5, 5.41) is 21.9. The molecule has 13 heavy (non-hydrogen) atoms. The maximum absolute atomic E-state index is 9.35. The van der Waals surface area contributed by atoms with Gasteiger partial charge in [0.1, 0.15) is 12.2 Å². The van der Waals surface area contributed by atoms with Crippen molar-refractivity contribution in [3.05, 3.63) is 10.4 Å². The van der Waals surface area contributed by atoms with Gasteiger partial charge in [0.25, 0.3) is 0 Å². The molecule has 0 aromatic rings. The third-order valence-corrected chi connectivity index (χ3v) is 1.88. The van der Waals surface area contributed by atoms with Gasteiger partial charge in [-0.2, -0.15) is 0 Å². The Labute approximate surface area is 74.5 Å². The fraction of sp³-hybridized carbons (Fsp3) is 1.00. The van der Waals surface area contributed by atoms with Crippen LogP contribution in [0.3, 0.4) is 0 Å². The monoisotopic (exact) mass is 189 g/mol. The average Bonchev–Trinajstić information content (AvgIpc) is 2.41. The normalized spacial score (nSPS) is 38.7. The van der Waals surface area contributed by atoms with Gasteiger partial charge >= 0.3 is 0 Å². The summed E-state index contributed by atoms with van der Waals surface area (Å²) in [4.78, 5) is 2.52.